The molecule has 9 heteroatoms. The zero-order valence-electron chi connectivity index (χ0n) is 12.4. The Bertz CT molecular complexity index is 590. The van der Waals surface area contributed by atoms with Gasteiger partial charge in [0.2, 0.25) is 0 Å². The van der Waals surface area contributed by atoms with Crippen LogP contribution in [0.15, 0.2) is 18.2 Å². The minimum Gasteiger partial charge on any atom is -0.481 e. The molecule has 1 heterocycles. The van der Waals surface area contributed by atoms with Crippen molar-refractivity contribution < 1.29 is 41.0 Å². The molecule has 1 N–H and O–H groups in total. The van der Waals surface area contributed by atoms with Crippen LogP contribution >= 0.6 is 0 Å². The van der Waals surface area contributed by atoms with Crippen molar-refractivity contribution in [2.45, 2.75) is 44.3 Å². The van der Waals surface area contributed by atoms with Gasteiger partial charge in [0.15, 0.2) is 0 Å². The normalized spacial score (nSPS) is 23.3. The van der Waals surface area contributed by atoms with Gasteiger partial charge in [-0.1, -0.05) is 0 Å². The van der Waals surface area contributed by atoms with Gasteiger partial charge in [0.05, 0.1) is 29.3 Å². The summed E-state index contributed by atoms with van der Waals surface area (Å²) < 4.78 is 82.5. The Morgan fingerprint density at radius 3 is 2.00 bits per heavy atom. The first kappa shape index (κ1) is 18.6. The fraction of sp³-hybridized carbons (Fsp3) is 0.533. The van der Waals surface area contributed by atoms with Gasteiger partial charge in [0, 0.05) is 0 Å². The van der Waals surface area contributed by atoms with Crippen molar-refractivity contribution >= 4 is 5.97 Å². The van der Waals surface area contributed by atoms with Gasteiger partial charge < -0.3 is 9.84 Å². The number of carbonyl (C=O) groups is 1. The van der Waals surface area contributed by atoms with E-state index in [1.807, 2.05) is 0 Å². The highest BCUT2D eigenvalue weighted by atomic mass is 19.4. The van der Waals surface area contributed by atoms with Gasteiger partial charge in [-0.3, -0.25) is 4.79 Å². The summed E-state index contributed by atoms with van der Waals surface area (Å²) in [5.41, 5.74) is -3.08. The first-order valence-corrected chi connectivity index (χ1v) is 7.07. The van der Waals surface area contributed by atoms with Gasteiger partial charge in [0.1, 0.15) is 0 Å². The molecule has 1 aliphatic rings. The van der Waals surface area contributed by atoms with Crippen LogP contribution in [0.5, 0.6) is 0 Å². The van der Waals surface area contributed by atoms with E-state index in [9.17, 15) is 31.1 Å². The highest BCUT2D eigenvalue weighted by molar-refractivity contribution is 5.70. The lowest BCUT2D eigenvalue weighted by Crippen LogP contribution is -2.24. The lowest BCUT2D eigenvalue weighted by Gasteiger charge is -2.19. The van der Waals surface area contributed by atoms with Crippen LogP contribution in [0.1, 0.15) is 42.6 Å². The fourth-order valence-electron chi connectivity index (χ4n) is 2.60. The quantitative estimate of drug-likeness (QED) is 0.801. The fourth-order valence-corrected chi connectivity index (χ4v) is 2.60. The number of carboxylic acid groups (broad SMARTS) is 1. The molecule has 0 aromatic heterocycles. The molecule has 0 saturated carbocycles. The Hall–Kier alpha value is -1.77. The molecule has 0 radical (unpaired) electrons. The number of carboxylic acids is 1. The van der Waals surface area contributed by atoms with Gasteiger partial charge in [0.25, 0.3) is 0 Å². The molecule has 1 aliphatic heterocycles. The molecule has 134 valence electrons. The largest absolute Gasteiger partial charge is 0.481 e. The van der Waals surface area contributed by atoms with Crippen molar-refractivity contribution in [1.82, 2.24) is 0 Å². The predicted molar refractivity (Wildman–Crippen MR) is 70.1 cm³/mol. The molecule has 2 rings (SSSR count). The van der Waals surface area contributed by atoms with Gasteiger partial charge in [-0.2, -0.15) is 26.3 Å². The van der Waals surface area contributed by atoms with E-state index in [0.717, 1.165) is 0 Å². The maximum atomic E-state index is 12.8. The van der Waals surface area contributed by atoms with Gasteiger partial charge in [-0.25, -0.2) is 0 Å². The monoisotopic (exact) mass is 356 g/mol. The van der Waals surface area contributed by atoms with Crippen LogP contribution in [0.4, 0.5) is 26.3 Å². The second kappa shape index (κ2) is 6.27. The smallest absolute Gasteiger partial charge is 0.416 e. The van der Waals surface area contributed by atoms with Crippen LogP contribution in [-0.2, 0) is 21.9 Å². The number of benzene rings is 1. The second-order valence-electron chi connectivity index (χ2n) is 5.71. The molecule has 24 heavy (non-hydrogen) atoms. The molecule has 1 fully saturated rings. The topological polar surface area (TPSA) is 46.5 Å². The summed E-state index contributed by atoms with van der Waals surface area (Å²) in [5, 5.41) is 8.92. The van der Waals surface area contributed by atoms with E-state index in [4.69, 9.17) is 9.84 Å². The van der Waals surface area contributed by atoms with Crippen molar-refractivity contribution in [1.29, 1.82) is 0 Å². The standard InChI is InChI=1S/C15H14F6O3/c1-7(13(22)23)11-2-3-12(24-11)8-4-9(14(16,17)18)6-10(5-8)15(19,20)21/h4-7,11-12H,2-3H2,1H3,(H,22,23)/t7-,11?,12+/m1/s1. The van der Waals surface area contributed by atoms with Crippen molar-refractivity contribution in [3.8, 4) is 0 Å². The number of hydrogen-bond acceptors (Lipinski definition) is 2. The Morgan fingerprint density at radius 2 is 1.58 bits per heavy atom. The Balaban J connectivity index is 2.35. The lowest BCUT2D eigenvalue weighted by molar-refractivity contribution is -0.146. The minimum absolute atomic E-state index is 0.0514. The van der Waals surface area contributed by atoms with E-state index < -0.39 is 47.6 Å². The van der Waals surface area contributed by atoms with E-state index in [1.165, 1.54) is 6.92 Å². The number of halogens is 6. The van der Waals surface area contributed by atoms with Crippen LogP contribution in [0.2, 0.25) is 0 Å². The zero-order chi connectivity index (χ0) is 18.3. The average molecular weight is 356 g/mol. The van der Waals surface area contributed by atoms with Gasteiger partial charge in [-0.15, -0.1) is 0 Å². The van der Waals surface area contributed by atoms with Crippen LogP contribution in [-0.4, -0.2) is 17.2 Å². The van der Waals surface area contributed by atoms with Crippen LogP contribution < -0.4 is 0 Å². The van der Waals surface area contributed by atoms with Gasteiger partial charge >= 0.3 is 18.3 Å². The average Bonchev–Trinajstić information content (AvgIpc) is 2.93. The molecule has 0 amide bonds. The maximum Gasteiger partial charge on any atom is 0.416 e. The molecule has 3 atom stereocenters. The molecule has 0 spiro atoms. The van der Waals surface area contributed by atoms with Crippen molar-refractivity contribution in [3.05, 3.63) is 34.9 Å². The van der Waals surface area contributed by atoms with Crippen LogP contribution in [0, 0.1) is 5.92 Å². The summed E-state index contributed by atoms with van der Waals surface area (Å²) in [7, 11) is 0. The van der Waals surface area contributed by atoms with E-state index in [1.54, 1.807) is 0 Å². The van der Waals surface area contributed by atoms with E-state index >= 15 is 0 Å². The Kier molecular flexibility index (Phi) is 4.85. The molecular weight excluding hydrogens is 342 g/mol. The highest BCUT2D eigenvalue weighted by Gasteiger charge is 2.39. The molecule has 1 aromatic rings. The Morgan fingerprint density at radius 1 is 1.08 bits per heavy atom. The zero-order valence-corrected chi connectivity index (χ0v) is 12.4. The summed E-state index contributed by atoms with van der Waals surface area (Å²) in [6, 6.07) is 1.29. The second-order valence-corrected chi connectivity index (χ2v) is 5.71. The van der Waals surface area contributed by atoms with E-state index in [2.05, 4.69) is 0 Å². The Labute approximate surface area is 133 Å². The maximum absolute atomic E-state index is 12.8. The number of rotatable bonds is 3. The van der Waals surface area contributed by atoms with Crippen molar-refractivity contribution in [2.75, 3.05) is 0 Å². The van der Waals surface area contributed by atoms with Crippen LogP contribution in [0.3, 0.4) is 0 Å². The minimum atomic E-state index is -4.93. The summed E-state index contributed by atoms with van der Waals surface area (Å²) in [5.74, 6) is -2.04. The molecule has 0 bridgehead atoms. The van der Waals surface area contributed by atoms with Crippen molar-refractivity contribution in [3.63, 3.8) is 0 Å². The van der Waals surface area contributed by atoms with Crippen molar-refractivity contribution in [2.24, 2.45) is 5.92 Å². The van der Waals surface area contributed by atoms with E-state index in [-0.39, 0.29) is 24.5 Å². The molecular formula is C15H14F6O3. The molecule has 3 nitrogen and oxygen atoms in total. The number of hydrogen-bond donors (Lipinski definition) is 1. The first-order valence-electron chi connectivity index (χ1n) is 7.07. The first-order chi connectivity index (χ1) is 10.9. The predicted octanol–water partition coefficient (Wildman–Crippen LogP) is 4.67. The van der Waals surface area contributed by atoms with E-state index in [0.29, 0.717) is 12.1 Å². The SMILES string of the molecule is C[C@@H](C(=O)O)C1CC[C@@H](c2cc(C(F)(F)F)cc(C(F)(F)F)c2)O1. The molecule has 0 aliphatic carbocycles. The summed E-state index contributed by atoms with van der Waals surface area (Å²) in [4.78, 5) is 10.9. The number of alkyl halides is 6. The summed E-state index contributed by atoms with van der Waals surface area (Å²) >= 11 is 0. The highest BCUT2D eigenvalue weighted by Crippen LogP contribution is 2.41. The summed E-state index contributed by atoms with van der Waals surface area (Å²) in [6.45, 7) is 1.38. The summed E-state index contributed by atoms with van der Waals surface area (Å²) in [6.07, 6.45) is -11.2. The molecule has 1 saturated heterocycles. The number of ether oxygens (including phenoxy) is 1. The third-order valence-corrected chi connectivity index (χ3v) is 3.98. The third-order valence-electron chi connectivity index (χ3n) is 3.98. The van der Waals surface area contributed by atoms with Crippen LogP contribution in [0.25, 0.3) is 0 Å². The third kappa shape index (κ3) is 4.00. The lowest BCUT2D eigenvalue weighted by atomic mass is 9.98. The number of aliphatic carboxylic acids is 1. The molecule has 1 aromatic carbocycles. The van der Waals surface area contributed by atoms with Gasteiger partial charge in [-0.05, 0) is 43.5 Å². The molecule has 1 unspecified atom stereocenters.